The first-order valence-corrected chi connectivity index (χ1v) is 4.19. The van der Waals surface area contributed by atoms with Crippen LogP contribution in [-0.4, -0.2) is 28.1 Å². The maximum atomic E-state index is 10.5. The topological polar surface area (TPSA) is 82.5 Å². The summed E-state index contributed by atoms with van der Waals surface area (Å²) in [6.07, 6.45) is 1.29. The molecule has 1 rings (SSSR count). The molecule has 0 aromatic carbocycles. The molecule has 5 nitrogen and oxygen atoms in total. The van der Waals surface area contributed by atoms with Gasteiger partial charge >= 0.3 is 13.0 Å². The summed E-state index contributed by atoms with van der Waals surface area (Å²) in [5.41, 5.74) is 0.849. The van der Waals surface area contributed by atoms with E-state index in [1.807, 2.05) is 0 Å². The number of carbonyl (C=O) groups is 1. The van der Waals surface area contributed by atoms with Gasteiger partial charge in [0.05, 0.1) is 11.3 Å². The maximum Gasteiger partial charge on any atom is 0.373 e. The van der Waals surface area contributed by atoms with Gasteiger partial charge in [0.2, 0.25) is 0 Å². The first kappa shape index (κ1) is 10.7. The molecule has 0 amide bonds. The lowest BCUT2D eigenvalue weighted by Crippen LogP contribution is -2.30. The molecule has 0 saturated heterocycles. The van der Waals surface area contributed by atoms with Gasteiger partial charge in [0, 0.05) is 12.7 Å². The Morgan fingerprint density at radius 1 is 1.64 bits per heavy atom. The van der Waals surface area contributed by atoms with E-state index >= 15 is 0 Å². The minimum absolute atomic E-state index is 0.158. The van der Waals surface area contributed by atoms with Crippen molar-refractivity contribution in [1.82, 2.24) is 10.2 Å². The molecule has 0 unspecified atom stereocenters. The molecule has 74 valence electrons. The molecule has 0 bridgehead atoms. The van der Waals surface area contributed by atoms with Crippen molar-refractivity contribution in [3.05, 3.63) is 29.6 Å². The number of aromatic carboxylic acids is 1. The Kier molecular flexibility index (Phi) is 3.61. The Bertz CT molecular complexity index is 313. The monoisotopic (exact) mass is 194 g/mol. The molecule has 0 aliphatic rings. The largest absolute Gasteiger partial charge is 0.478 e. The lowest BCUT2D eigenvalue weighted by atomic mass is 9.89. The van der Waals surface area contributed by atoms with Gasteiger partial charge in [-0.3, -0.25) is 4.98 Å². The average molecular weight is 194 g/mol. The van der Waals surface area contributed by atoms with Gasteiger partial charge in [0.15, 0.2) is 0 Å². The quantitative estimate of drug-likeness (QED) is 0.586. The molecule has 1 heterocycles. The van der Waals surface area contributed by atoms with Crippen molar-refractivity contribution in [2.75, 3.05) is 0 Å². The highest BCUT2D eigenvalue weighted by atomic mass is 16.4. The van der Waals surface area contributed by atoms with Gasteiger partial charge in [-0.05, 0) is 19.0 Å². The molecular weight excluding hydrogens is 183 g/mol. The molecule has 0 saturated carbocycles. The van der Waals surface area contributed by atoms with E-state index in [1.54, 1.807) is 12.9 Å². The van der Waals surface area contributed by atoms with E-state index in [1.165, 1.54) is 12.3 Å². The fourth-order valence-corrected chi connectivity index (χ4v) is 0.908. The second-order valence-electron chi connectivity index (χ2n) is 2.90. The third-order valence-electron chi connectivity index (χ3n) is 1.65. The van der Waals surface area contributed by atoms with E-state index in [4.69, 9.17) is 10.1 Å². The van der Waals surface area contributed by atoms with Crippen LogP contribution < -0.4 is 5.23 Å². The van der Waals surface area contributed by atoms with E-state index in [0.717, 1.165) is 0 Å². The lowest BCUT2D eigenvalue weighted by Gasteiger charge is -2.03. The molecule has 0 radical (unpaired) electrons. The van der Waals surface area contributed by atoms with Crippen molar-refractivity contribution in [3.63, 3.8) is 0 Å². The molecule has 1 aromatic heterocycles. The number of carboxylic acid groups (broad SMARTS) is 1. The Balaban J connectivity index is 2.60. The number of hydrogen-bond donors (Lipinski definition) is 3. The van der Waals surface area contributed by atoms with E-state index in [2.05, 4.69) is 10.2 Å². The van der Waals surface area contributed by atoms with Crippen LogP contribution in [0.3, 0.4) is 0 Å². The highest BCUT2D eigenvalue weighted by Gasteiger charge is 2.04. The molecule has 1 aromatic rings. The molecule has 0 aliphatic heterocycles. The fraction of sp³-hybridized carbons (Fsp3) is 0.250. The van der Waals surface area contributed by atoms with E-state index in [-0.39, 0.29) is 5.56 Å². The van der Waals surface area contributed by atoms with Crippen LogP contribution in [0.2, 0.25) is 6.82 Å². The van der Waals surface area contributed by atoms with Crippen LogP contribution in [0.25, 0.3) is 0 Å². The second kappa shape index (κ2) is 4.73. The second-order valence-corrected chi connectivity index (χ2v) is 2.90. The normalized spacial score (nSPS) is 9.86. The number of carboxylic acids is 1. The van der Waals surface area contributed by atoms with Crippen molar-refractivity contribution in [1.29, 1.82) is 0 Å². The van der Waals surface area contributed by atoms with Gasteiger partial charge in [0.25, 0.3) is 0 Å². The van der Waals surface area contributed by atoms with Crippen LogP contribution in [0.1, 0.15) is 16.1 Å². The Labute approximate surface area is 81.9 Å². The van der Waals surface area contributed by atoms with Crippen molar-refractivity contribution < 1.29 is 14.9 Å². The van der Waals surface area contributed by atoms with Crippen LogP contribution in [-0.2, 0) is 6.54 Å². The summed E-state index contributed by atoms with van der Waals surface area (Å²) >= 11 is 0. The number of nitrogens with zero attached hydrogens (tertiary/aromatic N) is 1. The maximum absolute atomic E-state index is 10.5. The highest BCUT2D eigenvalue weighted by Crippen LogP contribution is 1.99. The number of nitrogens with one attached hydrogen (secondary N) is 1. The number of hydrogen-bond acceptors (Lipinski definition) is 4. The van der Waals surface area contributed by atoms with Crippen molar-refractivity contribution >= 4 is 13.0 Å². The highest BCUT2D eigenvalue weighted by molar-refractivity contribution is 6.45. The summed E-state index contributed by atoms with van der Waals surface area (Å²) in [6, 6.07) is 3.09. The molecule has 3 N–H and O–H groups in total. The zero-order valence-electron chi connectivity index (χ0n) is 7.77. The minimum atomic E-state index is -0.993. The Morgan fingerprint density at radius 2 is 2.36 bits per heavy atom. The first-order chi connectivity index (χ1) is 6.59. The van der Waals surface area contributed by atoms with Crippen LogP contribution in [0.5, 0.6) is 0 Å². The van der Waals surface area contributed by atoms with E-state index in [0.29, 0.717) is 12.2 Å². The van der Waals surface area contributed by atoms with E-state index in [9.17, 15) is 4.79 Å². The zero-order chi connectivity index (χ0) is 10.6. The predicted octanol–water partition coefficient (Wildman–Crippen LogP) is -0.0203. The number of aromatic nitrogens is 1. The number of pyridine rings is 1. The Morgan fingerprint density at radius 3 is 2.79 bits per heavy atom. The van der Waals surface area contributed by atoms with Gasteiger partial charge in [-0.15, -0.1) is 0 Å². The molecule has 14 heavy (non-hydrogen) atoms. The van der Waals surface area contributed by atoms with Crippen LogP contribution >= 0.6 is 0 Å². The molecule has 0 atom stereocenters. The van der Waals surface area contributed by atoms with Crippen LogP contribution in [0.4, 0.5) is 0 Å². The van der Waals surface area contributed by atoms with Gasteiger partial charge in [0.1, 0.15) is 0 Å². The zero-order valence-corrected chi connectivity index (χ0v) is 7.77. The summed E-state index contributed by atoms with van der Waals surface area (Å²) in [6.45, 7) is 2.02. The standard InChI is InChI=1S/C8H11BN2O3/c1-9(14)11-5-7-3-2-6(4-10-7)8(12)13/h2-4,11,14H,5H2,1H3,(H,12,13). The molecule has 0 spiro atoms. The van der Waals surface area contributed by atoms with Crippen LogP contribution in [0, 0.1) is 0 Å². The molecule has 0 fully saturated rings. The summed E-state index contributed by atoms with van der Waals surface area (Å²) < 4.78 is 0. The minimum Gasteiger partial charge on any atom is -0.478 e. The first-order valence-electron chi connectivity index (χ1n) is 4.19. The predicted molar refractivity (Wildman–Crippen MR) is 51.9 cm³/mol. The van der Waals surface area contributed by atoms with Crippen molar-refractivity contribution in [2.24, 2.45) is 0 Å². The van der Waals surface area contributed by atoms with E-state index < -0.39 is 13.0 Å². The fourth-order valence-electron chi connectivity index (χ4n) is 0.908. The average Bonchev–Trinajstić information content (AvgIpc) is 2.15. The third kappa shape index (κ3) is 3.16. The smallest absolute Gasteiger partial charge is 0.373 e. The summed E-state index contributed by atoms with van der Waals surface area (Å²) in [7, 11) is -0.601. The summed E-state index contributed by atoms with van der Waals surface area (Å²) in [5, 5.41) is 20.3. The molecular formula is C8H11BN2O3. The molecule has 0 aliphatic carbocycles. The lowest BCUT2D eigenvalue weighted by molar-refractivity contribution is 0.0696. The van der Waals surface area contributed by atoms with Crippen molar-refractivity contribution in [3.8, 4) is 0 Å². The Hall–Kier alpha value is -1.40. The number of rotatable bonds is 4. The van der Waals surface area contributed by atoms with Gasteiger partial charge in [-0.2, -0.15) is 0 Å². The van der Waals surface area contributed by atoms with Crippen molar-refractivity contribution in [2.45, 2.75) is 13.4 Å². The SMILES string of the molecule is CB(O)NCc1ccc(C(=O)O)cn1. The summed E-state index contributed by atoms with van der Waals surface area (Å²) in [5.74, 6) is -0.993. The van der Waals surface area contributed by atoms with Gasteiger partial charge in [-0.25, -0.2) is 4.79 Å². The van der Waals surface area contributed by atoms with Crippen LogP contribution in [0.15, 0.2) is 18.3 Å². The summed E-state index contributed by atoms with van der Waals surface area (Å²) in [4.78, 5) is 14.4. The molecule has 6 heteroatoms. The van der Waals surface area contributed by atoms with Gasteiger partial charge < -0.3 is 15.4 Å². The van der Waals surface area contributed by atoms with Gasteiger partial charge in [-0.1, -0.05) is 0 Å². The third-order valence-corrected chi connectivity index (χ3v) is 1.65.